The molecule has 2 rings (SSSR count). The summed E-state index contributed by atoms with van der Waals surface area (Å²) in [5.74, 6) is 0.433. The van der Waals surface area contributed by atoms with E-state index >= 15 is 0 Å². The highest BCUT2D eigenvalue weighted by Gasteiger charge is 2.23. The van der Waals surface area contributed by atoms with Crippen molar-refractivity contribution in [3.8, 4) is 0 Å². The maximum atomic E-state index is 11.5. The number of hydrogen-bond donors (Lipinski definition) is 2. The zero-order valence-electron chi connectivity index (χ0n) is 10.1. The van der Waals surface area contributed by atoms with E-state index < -0.39 is 6.10 Å². The quantitative estimate of drug-likeness (QED) is 0.818. The maximum Gasteiger partial charge on any atom is 0.230 e. The molecule has 1 saturated carbocycles. The van der Waals surface area contributed by atoms with Gasteiger partial charge in [-0.05, 0) is 37.5 Å². The van der Waals surface area contributed by atoms with E-state index in [2.05, 4.69) is 5.32 Å². The smallest absolute Gasteiger partial charge is 0.230 e. The molecular formula is C13H16ClNO2S. The van der Waals surface area contributed by atoms with Crippen LogP contribution in [-0.4, -0.2) is 22.8 Å². The number of thioether (sulfide) groups is 1. The fourth-order valence-corrected chi connectivity index (χ4v) is 2.62. The number of nitrogens with one attached hydrogen (secondary N) is 1. The third-order valence-electron chi connectivity index (χ3n) is 2.74. The van der Waals surface area contributed by atoms with Crippen LogP contribution in [0.15, 0.2) is 23.1 Å². The molecule has 0 heterocycles. The summed E-state index contributed by atoms with van der Waals surface area (Å²) < 4.78 is 0. The number of carbonyl (C=O) groups excluding carboxylic acids is 1. The number of hydrogen-bond acceptors (Lipinski definition) is 3. The van der Waals surface area contributed by atoms with E-state index in [1.165, 1.54) is 11.8 Å². The Labute approximate surface area is 116 Å². The summed E-state index contributed by atoms with van der Waals surface area (Å²) in [6.07, 6.45) is 1.67. The summed E-state index contributed by atoms with van der Waals surface area (Å²) >= 11 is 7.53. The molecule has 1 atom stereocenters. The Bertz CT molecular complexity index is 447. The minimum Gasteiger partial charge on any atom is -0.389 e. The number of halogens is 1. The molecule has 2 N–H and O–H groups in total. The first kappa shape index (κ1) is 13.7. The monoisotopic (exact) mass is 285 g/mol. The zero-order chi connectivity index (χ0) is 13.1. The van der Waals surface area contributed by atoms with Crippen LogP contribution < -0.4 is 5.32 Å². The molecule has 0 spiro atoms. The van der Waals surface area contributed by atoms with Gasteiger partial charge < -0.3 is 10.4 Å². The maximum absolute atomic E-state index is 11.5. The number of amides is 1. The minimum atomic E-state index is -0.528. The molecule has 0 radical (unpaired) electrons. The number of rotatable bonds is 5. The molecule has 98 valence electrons. The fraction of sp³-hybridized carbons (Fsp3) is 0.462. The molecule has 3 nitrogen and oxygen atoms in total. The molecule has 0 saturated heterocycles. The van der Waals surface area contributed by atoms with Crippen molar-refractivity contribution in [2.24, 2.45) is 0 Å². The van der Waals surface area contributed by atoms with Gasteiger partial charge in [0.1, 0.15) is 0 Å². The van der Waals surface area contributed by atoms with Gasteiger partial charge in [-0.3, -0.25) is 4.79 Å². The summed E-state index contributed by atoms with van der Waals surface area (Å²) in [6.45, 7) is 1.70. The molecule has 1 amide bonds. The Morgan fingerprint density at radius 2 is 2.33 bits per heavy atom. The number of aliphatic hydroxyl groups is 1. The number of aliphatic hydroxyl groups excluding tert-OH is 1. The lowest BCUT2D eigenvalue weighted by molar-refractivity contribution is -0.118. The van der Waals surface area contributed by atoms with Gasteiger partial charge in [0.2, 0.25) is 5.91 Å². The predicted molar refractivity (Wildman–Crippen MR) is 74.0 cm³/mol. The van der Waals surface area contributed by atoms with Gasteiger partial charge in [-0.2, -0.15) is 0 Å². The molecule has 1 aromatic rings. The van der Waals surface area contributed by atoms with Gasteiger partial charge >= 0.3 is 0 Å². The first-order valence-corrected chi connectivity index (χ1v) is 7.32. The average molecular weight is 286 g/mol. The van der Waals surface area contributed by atoms with Crippen molar-refractivity contribution in [3.63, 3.8) is 0 Å². The van der Waals surface area contributed by atoms with Crippen LogP contribution in [0.4, 0.5) is 0 Å². The second-order valence-electron chi connectivity index (χ2n) is 4.50. The lowest BCUT2D eigenvalue weighted by Crippen LogP contribution is -2.26. The van der Waals surface area contributed by atoms with Gasteiger partial charge in [-0.1, -0.05) is 17.7 Å². The second-order valence-corrected chi connectivity index (χ2v) is 5.92. The summed E-state index contributed by atoms with van der Waals surface area (Å²) in [6, 6.07) is 5.82. The predicted octanol–water partition coefficient (Wildman–Crippen LogP) is 2.76. The van der Waals surface area contributed by atoms with Gasteiger partial charge in [-0.15, -0.1) is 11.8 Å². The molecule has 5 heteroatoms. The van der Waals surface area contributed by atoms with Gasteiger partial charge in [0.25, 0.3) is 0 Å². The lowest BCUT2D eigenvalue weighted by Gasteiger charge is -2.09. The van der Waals surface area contributed by atoms with Crippen LogP contribution in [0.3, 0.4) is 0 Å². The summed E-state index contributed by atoms with van der Waals surface area (Å²) in [7, 11) is 0. The number of benzene rings is 1. The van der Waals surface area contributed by atoms with E-state index in [-0.39, 0.29) is 5.91 Å². The topological polar surface area (TPSA) is 49.3 Å². The standard InChI is InChI=1S/C13H16ClNO2S/c1-8(16)9-2-5-12(11(14)6-9)18-7-13(17)15-10-3-4-10/h2,5-6,8,10,16H,3-4,7H2,1H3,(H,15,17). The Morgan fingerprint density at radius 3 is 2.89 bits per heavy atom. The number of carbonyl (C=O) groups is 1. The fourth-order valence-electron chi connectivity index (χ4n) is 1.53. The van der Waals surface area contributed by atoms with Crippen LogP contribution in [0.25, 0.3) is 0 Å². The second kappa shape index (κ2) is 5.95. The van der Waals surface area contributed by atoms with Crippen molar-refractivity contribution in [2.45, 2.75) is 36.8 Å². The third kappa shape index (κ3) is 3.90. The summed E-state index contributed by atoms with van der Waals surface area (Å²) in [4.78, 5) is 12.4. The first-order chi connectivity index (χ1) is 8.56. The molecule has 1 fully saturated rings. The zero-order valence-corrected chi connectivity index (χ0v) is 11.7. The largest absolute Gasteiger partial charge is 0.389 e. The van der Waals surface area contributed by atoms with Gasteiger partial charge in [-0.25, -0.2) is 0 Å². The van der Waals surface area contributed by atoms with Crippen molar-refractivity contribution < 1.29 is 9.90 Å². The molecule has 0 bridgehead atoms. The van der Waals surface area contributed by atoms with E-state index in [9.17, 15) is 9.90 Å². The molecule has 0 aromatic heterocycles. The van der Waals surface area contributed by atoms with E-state index in [4.69, 9.17) is 11.6 Å². The van der Waals surface area contributed by atoms with Crippen LogP contribution in [0.1, 0.15) is 31.4 Å². The van der Waals surface area contributed by atoms with Crippen LogP contribution in [0.2, 0.25) is 5.02 Å². The van der Waals surface area contributed by atoms with Crippen LogP contribution >= 0.6 is 23.4 Å². The van der Waals surface area contributed by atoms with E-state index in [0.717, 1.165) is 23.3 Å². The van der Waals surface area contributed by atoms with Gasteiger partial charge in [0.05, 0.1) is 16.9 Å². The Kier molecular flexibility index (Phi) is 4.54. The molecule has 18 heavy (non-hydrogen) atoms. The van der Waals surface area contributed by atoms with Crippen molar-refractivity contribution in [3.05, 3.63) is 28.8 Å². The summed E-state index contributed by atoms with van der Waals surface area (Å²) in [5.41, 5.74) is 0.784. The van der Waals surface area contributed by atoms with E-state index in [0.29, 0.717) is 16.8 Å². The van der Waals surface area contributed by atoms with Crippen molar-refractivity contribution in [1.29, 1.82) is 0 Å². The normalized spacial score (nSPS) is 16.4. The van der Waals surface area contributed by atoms with E-state index in [1.807, 2.05) is 12.1 Å². The molecule has 0 aliphatic heterocycles. The van der Waals surface area contributed by atoms with Gasteiger partial charge in [0.15, 0.2) is 0 Å². The molecule has 1 unspecified atom stereocenters. The molecular weight excluding hydrogens is 270 g/mol. The SMILES string of the molecule is CC(O)c1ccc(SCC(=O)NC2CC2)c(Cl)c1. The van der Waals surface area contributed by atoms with Crippen molar-refractivity contribution in [1.82, 2.24) is 5.32 Å². The molecule has 1 aliphatic carbocycles. The third-order valence-corrected chi connectivity index (χ3v) is 4.24. The highest BCUT2D eigenvalue weighted by atomic mass is 35.5. The van der Waals surface area contributed by atoms with Crippen LogP contribution in [0.5, 0.6) is 0 Å². The highest BCUT2D eigenvalue weighted by molar-refractivity contribution is 8.00. The Hall–Kier alpha value is -0.710. The average Bonchev–Trinajstić information content (AvgIpc) is 3.11. The van der Waals surface area contributed by atoms with Crippen molar-refractivity contribution in [2.75, 3.05) is 5.75 Å². The lowest BCUT2D eigenvalue weighted by atomic mass is 10.1. The minimum absolute atomic E-state index is 0.0539. The highest BCUT2D eigenvalue weighted by Crippen LogP contribution is 2.30. The Balaban J connectivity index is 1.90. The molecule has 1 aromatic carbocycles. The Morgan fingerprint density at radius 1 is 1.61 bits per heavy atom. The van der Waals surface area contributed by atoms with Gasteiger partial charge in [0, 0.05) is 10.9 Å². The van der Waals surface area contributed by atoms with E-state index in [1.54, 1.807) is 13.0 Å². The van der Waals surface area contributed by atoms with Crippen molar-refractivity contribution >= 4 is 29.3 Å². The molecule has 1 aliphatic rings. The summed E-state index contributed by atoms with van der Waals surface area (Å²) in [5, 5.41) is 12.9. The van der Waals surface area contributed by atoms with Crippen LogP contribution in [-0.2, 0) is 4.79 Å². The van der Waals surface area contributed by atoms with Crippen LogP contribution in [0, 0.1) is 0 Å². The first-order valence-electron chi connectivity index (χ1n) is 5.96.